The maximum atomic E-state index is 11.9. The smallest absolute Gasteiger partial charge is 0.407 e. The molecule has 7 nitrogen and oxygen atoms in total. The number of halogens is 1. The number of aryl methyl sites for hydroxylation is 1. The number of carbonyl (C=O) groups is 1. The number of nitrogens with zero attached hydrogens (tertiary/aromatic N) is 2. The van der Waals surface area contributed by atoms with Crippen molar-refractivity contribution in [2.75, 3.05) is 33.3 Å². The van der Waals surface area contributed by atoms with Crippen LogP contribution in [0.15, 0.2) is 29.3 Å². The number of aliphatic imine (C=N–C) groups is 1. The molecule has 1 fully saturated rings. The van der Waals surface area contributed by atoms with Crippen molar-refractivity contribution < 1.29 is 14.3 Å². The molecular weight excluding hydrogens is 471 g/mol. The second-order valence-corrected chi connectivity index (χ2v) is 7.67. The number of rotatable bonds is 5. The molecule has 1 aliphatic heterocycles. The second kappa shape index (κ2) is 11.3. The topological polar surface area (TPSA) is 75.2 Å². The zero-order chi connectivity index (χ0) is 19.9. The van der Waals surface area contributed by atoms with Crippen LogP contribution in [0.3, 0.4) is 0 Å². The third-order valence-corrected chi connectivity index (χ3v) is 4.16. The first-order chi connectivity index (χ1) is 12.8. The van der Waals surface area contributed by atoms with E-state index in [0.29, 0.717) is 19.7 Å². The van der Waals surface area contributed by atoms with Crippen LogP contribution in [0.1, 0.15) is 32.8 Å². The third-order valence-electron chi connectivity index (χ3n) is 4.16. The third kappa shape index (κ3) is 8.12. The quantitative estimate of drug-likeness (QED) is 0.279. The molecule has 2 N–H and O–H groups in total. The van der Waals surface area contributed by atoms with E-state index < -0.39 is 5.60 Å². The van der Waals surface area contributed by atoms with Crippen LogP contribution in [0.25, 0.3) is 0 Å². The monoisotopic (exact) mass is 504 g/mol. The lowest BCUT2D eigenvalue weighted by Crippen LogP contribution is -2.45. The van der Waals surface area contributed by atoms with Gasteiger partial charge in [-0.1, -0.05) is 18.2 Å². The van der Waals surface area contributed by atoms with Crippen LogP contribution in [0.4, 0.5) is 4.79 Å². The Morgan fingerprint density at radius 2 is 2.04 bits per heavy atom. The summed E-state index contributed by atoms with van der Waals surface area (Å²) in [5.74, 6) is 1.72. The van der Waals surface area contributed by atoms with Crippen molar-refractivity contribution in [3.8, 4) is 5.75 Å². The Bertz CT molecular complexity index is 661. The van der Waals surface area contributed by atoms with Crippen molar-refractivity contribution in [3.63, 3.8) is 0 Å². The second-order valence-electron chi connectivity index (χ2n) is 7.67. The van der Waals surface area contributed by atoms with Crippen LogP contribution in [-0.2, 0) is 4.74 Å². The van der Waals surface area contributed by atoms with Crippen molar-refractivity contribution in [1.29, 1.82) is 0 Å². The molecule has 0 saturated carbocycles. The maximum absolute atomic E-state index is 11.9. The molecule has 0 bridgehead atoms. The van der Waals surface area contributed by atoms with Crippen molar-refractivity contribution in [3.05, 3.63) is 29.8 Å². The van der Waals surface area contributed by atoms with Crippen LogP contribution in [0.2, 0.25) is 0 Å². The van der Waals surface area contributed by atoms with Gasteiger partial charge in [-0.25, -0.2) is 4.79 Å². The van der Waals surface area contributed by atoms with Gasteiger partial charge in [0, 0.05) is 20.1 Å². The first-order valence-electron chi connectivity index (χ1n) is 9.42. The molecule has 1 aromatic carbocycles. The van der Waals surface area contributed by atoms with Gasteiger partial charge in [0.2, 0.25) is 0 Å². The highest BCUT2D eigenvalue weighted by molar-refractivity contribution is 14.0. The van der Waals surface area contributed by atoms with Crippen molar-refractivity contribution in [2.24, 2.45) is 4.99 Å². The average molecular weight is 504 g/mol. The molecule has 28 heavy (non-hydrogen) atoms. The standard InChI is InChI=1S/C20H32N4O3.HI/c1-15-8-6-7-9-17(15)26-13-11-22-18(21-5)24-12-10-16(14-24)23-19(25)27-20(2,3)4;/h6-9,16H,10-14H2,1-5H3,(H,21,22)(H,23,25);1H. The summed E-state index contributed by atoms with van der Waals surface area (Å²) in [7, 11) is 1.76. The van der Waals surface area contributed by atoms with Gasteiger partial charge in [-0.15, -0.1) is 24.0 Å². The minimum Gasteiger partial charge on any atom is -0.491 e. The molecule has 158 valence electrons. The molecule has 1 saturated heterocycles. The van der Waals surface area contributed by atoms with E-state index in [9.17, 15) is 4.79 Å². The van der Waals surface area contributed by atoms with E-state index in [1.54, 1.807) is 7.05 Å². The molecule has 0 aliphatic carbocycles. The summed E-state index contributed by atoms with van der Waals surface area (Å²) in [5.41, 5.74) is 0.634. The predicted molar refractivity (Wildman–Crippen MR) is 123 cm³/mol. The van der Waals surface area contributed by atoms with Crippen molar-refractivity contribution in [1.82, 2.24) is 15.5 Å². The number of guanidine groups is 1. The molecule has 2 rings (SSSR count). The van der Waals surface area contributed by atoms with Crippen molar-refractivity contribution >= 4 is 36.0 Å². The molecule has 1 atom stereocenters. The van der Waals surface area contributed by atoms with Gasteiger partial charge in [-0.3, -0.25) is 4.99 Å². The molecule has 1 aromatic rings. The summed E-state index contributed by atoms with van der Waals surface area (Å²) in [6.07, 6.45) is 0.489. The number of hydrogen-bond acceptors (Lipinski definition) is 4. The number of carbonyl (C=O) groups excluding carboxylic acids is 1. The molecular formula is C20H33IN4O3. The normalized spacial score (nSPS) is 17.0. The fourth-order valence-corrected chi connectivity index (χ4v) is 2.92. The molecule has 1 unspecified atom stereocenters. The molecule has 0 spiro atoms. The Balaban J connectivity index is 0.00000392. The lowest BCUT2D eigenvalue weighted by Gasteiger charge is -2.23. The largest absolute Gasteiger partial charge is 0.491 e. The Labute approximate surface area is 185 Å². The highest BCUT2D eigenvalue weighted by Gasteiger charge is 2.27. The maximum Gasteiger partial charge on any atom is 0.407 e. The fraction of sp³-hybridized carbons (Fsp3) is 0.600. The van der Waals surface area contributed by atoms with Crippen LogP contribution in [-0.4, -0.2) is 61.9 Å². The minimum absolute atomic E-state index is 0. The van der Waals surface area contributed by atoms with Gasteiger partial charge in [-0.2, -0.15) is 0 Å². The van der Waals surface area contributed by atoms with E-state index in [4.69, 9.17) is 9.47 Å². The summed E-state index contributed by atoms with van der Waals surface area (Å²) in [5, 5.41) is 6.25. The minimum atomic E-state index is -0.489. The van der Waals surface area contributed by atoms with Crippen LogP contribution in [0.5, 0.6) is 5.75 Å². The van der Waals surface area contributed by atoms with Gasteiger partial charge in [-0.05, 0) is 45.7 Å². The molecule has 1 amide bonds. The number of alkyl carbamates (subject to hydrolysis) is 1. The number of ether oxygens (including phenoxy) is 2. The summed E-state index contributed by atoms with van der Waals surface area (Å²) in [6.45, 7) is 10.4. The molecule has 0 radical (unpaired) electrons. The Morgan fingerprint density at radius 1 is 1.32 bits per heavy atom. The van der Waals surface area contributed by atoms with E-state index in [0.717, 1.165) is 30.2 Å². The predicted octanol–water partition coefficient (Wildman–Crippen LogP) is 3.17. The molecule has 8 heteroatoms. The van der Waals surface area contributed by atoms with Gasteiger partial charge < -0.3 is 25.0 Å². The number of likely N-dealkylation sites (tertiary alicyclic amines) is 1. The molecule has 0 aromatic heterocycles. The highest BCUT2D eigenvalue weighted by Crippen LogP contribution is 2.16. The fourth-order valence-electron chi connectivity index (χ4n) is 2.92. The summed E-state index contributed by atoms with van der Waals surface area (Å²) in [6, 6.07) is 8.02. The zero-order valence-electron chi connectivity index (χ0n) is 17.4. The number of nitrogens with one attached hydrogen (secondary N) is 2. The Kier molecular flexibility index (Phi) is 9.84. The van der Waals surface area contributed by atoms with Gasteiger partial charge >= 0.3 is 6.09 Å². The van der Waals surface area contributed by atoms with Crippen LogP contribution in [0, 0.1) is 6.92 Å². The number of para-hydroxylation sites is 1. The number of hydrogen-bond donors (Lipinski definition) is 2. The molecule has 1 heterocycles. The Morgan fingerprint density at radius 3 is 2.68 bits per heavy atom. The van der Waals surface area contributed by atoms with E-state index >= 15 is 0 Å². The van der Waals surface area contributed by atoms with Gasteiger partial charge in [0.05, 0.1) is 12.6 Å². The summed E-state index contributed by atoms with van der Waals surface area (Å²) in [4.78, 5) is 18.4. The first-order valence-corrected chi connectivity index (χ1v) is 9.42. The lowest BCUT2D eigenvalue weighted by atomic mass is 10.2. The SMILES string of the molecule is CN=C(NCCOc1ccccc1C)N1CCC(NC(=O)OC(C)(C)C)C1.I. The van der Waals surface area contributed by atoms with E-state index in [1.807, 2.05) is 52.0 Å². The lowest BCUT2D eigenvalue weighted by molar-refractivity contribution is 0.0507. The Hall–Kier alpha value is -1.71. The average Bonchev–Trinajstić information content (AvgIpc) is 3.02. The summed E-state index contributed by atoms with van der Waals surface area (Å²) >= 11 is 0. The van der Waals surface area contributed by atoms with Crippen molar-refractivity contribution in [2.45, 2.75) is 45.8 Å². The van der Waals surface area contributed by atoms with Crippen LogP contribution < -0.4 is 15.4 Å². The number of amides is 1. The van der Waals surface area contributed by atoms with Gasteiger partial charge in [0.25, 0.3) is 0 Å². The van der Waals surface area contributed by atoms with E-state index in [-0.39, 0.29) is 36.1 Å². The summed E-state index contributed by atoms with van der Waals surface area (Å²) < 4.78 is 11.1. The molecule has 1 aliphatic rings. The van der Waals surface area contributed by atoms with Crippen LogP contribution >= 0.6 is 24.0 Å². The van der Waals surface area contributed by atoms with Gasteiger partial charge in [0.15, 0.2) is 5.96 Å². The first kappa shape index (κ1) is 24.3. The zero-order valence-corrected chi connectivity index (χ0v) is 19.8. The van der Waals surface area contributed by atoms with E-state index in [2.05, 4.69) is 20.5 Å². The number of benzene rings is 1. The van der Waals surface area contributed by atoms with E-state index in [1.165, 1.54) is 0 Å². The highest BCUT2D eigenvalue weighted by atomic mass is 127. The van der Waals surface area contributed by atoms with Gasteiger partial charge in [0.1, 0.15) is 18.0 Å².